The van der Waals surface area contributed by atoms with Gasteiger partial charge in [-0.1, -0.05) is 25.3 Å². The SMILES string of the molecule is COc1ccc2c(c1)[C@@]13CCCC[C@@]1(O)[C@@H](C2)N(C1CCC1)CC3. The molecule has 3 fully saturated rings. The Labute approximate surface area is 145 Å². The van der Waals surface area contributed by atoms with Crippen LogP contribution in [0.4, 0.5) is 0 Å². The Morgan fingerprint density at radius 3 is 2.71 bits per heavy atom. The first kappa shape index (κ1) is 15.2. The summed E-state index contributed by atoms with van der Waals surface area (Å²) in [6.07, 6.45) is 10.7. The van der Waals surface area contributed by atoms with Crippen LogP contribution in [-0.4, -0.2) is 41.3 Å². The number of piperidine rings is 1. The number of fused-ring (bicyclic) bond motifs is 1. The van der Waals surface area contributed by atoms with E-state index in [-0.39, 0.29) is 5.41 Å². The van der Waals surface area contributed by atoms with Crippen LogP contribution in [0.25, 0.3) is 0 Å². The molecule has 1 aromatic carbocycles. The van der Waals surface area contributed by atoms with E-state index in [1.54, 1.807) is 7.11 Å². The van der Waals surface area contributed by atoms with E-state index in [0.717, 1.165) is 44.0 Å². The predicted octanol–water partition coefficient (Wildman–Crippen LogP) is 3.42. The molecule has 0 unspecified atom stereocenters. The maximum absolute atomic E-state index is 12.0. The van der Waals surface area contributed by atoms with E-state index >= 15 is 0 Å². The number of methoxy groups -OCH3 is 1. The fraction of sp³-hybridized carbons (Fsp3) is 0.714. The molecule has 3 nitrogen and oxygen atoms in total. The molecule has 2 bridgehead atoms. The molecule has 1 saturated heterocycles. The van der Waals surface area contributed by atoms with Gasteiger partial charge in [0.05, 0.1) is 12.7 Å². The maximum Gasteiger partial charge on any atom is 0.119 e. The molecule has 1 N–H and O–H groups in total. The highest BCUT2D eigenvalue weighted by Gasteiger charge is 2.64. The second kappa shape index (κ2) is 5.22. The van der Waals surface area contributed by atoms with E-state index in [1.807, 2.05) is 0 Å². The quantitative estimate of drug-likeness (QED) is 0.903. The van der Waals surface area contributed by atoms with Crippen molar-refractivity contribution >= 4 is 0 Å². The van der Waals surface area contributed by atoms with Crippen molar-refractivity contribution in [1.29, 1.82) is 0 Å². The smallest absolute Gasteiger partial charge is 0.119 e. The minimum absolute atomic E-state index is 0.0434. The van der Waals surface area contributed by atoms with Crippen molar-refractivity contribution < 1.29 is 9.84 Å². The standard InChI is InChI=1S/C21H29NO2/c1-24-17-8-7-15-13-19-21(23)10-3-2-9-20(21,18(15)14-17)11-12-22(19)16-5-4-6-16/h7-8,14,16,19,23H,2-6,9-13H2,1H3/t19-,20+,21-/m1/s1. The van der Waals surface area contributed by atoms with Crippen LogP contribution >= 0.6 is 0 Å². The minimum atomic E-state index is -0.543. The topological polar surface area (TPSA) is 32.7 Å². The molecule has 0 amide bonds. The molecule has 5 rings (SSSR count). The van der Waals surface area contributed by atoms with E-state index in [2.05, 4.69) is 23.1 Å². The molecular weight excluding hydrogens is 298 g/mol. The third kappa shape index (κ3) is 1.80. The fourth-order valence-corrected chi connectivity index (χ4v) is 6.31. The number of ether oxygens (including phenoxy) is 1. The van der Waals surface area contributed by atoms with Gasteiger partial charge in [-0.25, -0.2) is 0 Å². The van der Waals surface area contributed by atoms with Gasteiger partial charge >= 0.3 is 0 Å². The zero-order valence-corrected chi connectivity index (χ0v) is 14.8. The summed E-state index contributed by atoms with van der Waals surface area (Å²) in [6.45, 7) is 1.16. The van der Waals surface area contributed by atoms with Gasteiger partial charge in [0.2, 0.25) is 0 Å². The molecule has 0 radical (unpaired) electrons. The highest BCUT2D eigenvalue weighted by molar-refractivity contribution is 5.48. The largest absolute Gasteiger partial charge is 0.497 e. The van der Waals surface area contributed by atoms with Crippen molar-refractivity contribution in [2.45, 2.75) is 80.9 Å². The molecule has 1 heterocycles. The van der Waals surface area contributed by atoms with Gasteiger partial charge in [0.25, 0.3) is 0 Å². The number of hydrogen-bond acceptors (Lipinski definition) is 3. The highest BCUT2D eigenvalue weighted by Crippen LogP contribution is 2.59. The second-order valence-corrected chi connectivity index (χ2v) is 8.53. The zero-order chi connectivity index (χ0) is 16.4. The first-order valence-corrected chi connectivity index (χ1v) is 9.83. The summed E-state index contributed by atoms with van der Waals surface area (Å²) in [5.74, 6) is 0.941. The van der Waals surface area contributed by atoms with E-state index < -0.39 is 5.60 Å². The fourth-order valence-electron chi connectivity index (χ4n) is 6.31. The van der Waals surface area contributed by atoms with Gasteiger partial charge < -0.3 is 9.84 Å². The van der Waals surface area contributed by atoms with E-state index in [1.165, 1.54) is 43.2 Å². The summed E-state index contributed by atoms with van der Waals surface area (Å²) in [6, 6.07) is 7.64. The van der Waals surface area contributed by atoms with Gasteiger partial charge in [0.1, 0.15) is 5.75 Å². The van der Waals surface area contributed by atoms with Crippen LogP contribution in [0.5, 0.6) is 5.75 Å². The molecule has 0 aromatic heterocycles. The van der Waals surface area contributed by atoms with Gasteiger partial charge in [-0.3, -0.25) is 4.90 Å². The molecule has 3 atom stereocenters. The Bertz CT molecular complexity index is 655. The molecule has 0 spiro atoms. The average Bonchev–Trinajstić information content (AvgIpc) is 2.55. The van der Waals surface area contributed by atoms with E-state index in [0.29, 0.717) is 6.04 Å². The first-order valence-electron chi connectivity index (χ1n) is 9.83. The van der Waals surface area contributed by atoms with E-state index in [9.17, 15) is 5.11 Å². The average molecular weight is 327 g/mol. The number of nitrogens with zero attached hydrogens (tertiary/aromatic N) is 1. The lowest BCUT2D eigenvalue weighted by atomic mass is 9.49. The van der Waals surface area contributed by atoms with E-state index in [4.69, 9.17) is 4.74 Å². The molecule has 2 saturated carbocycles. The molecule has 1 aliphatic heterocycles. The van der Waals surface area contributed by atoms with Crippen molar-refractivity contribution in [3.05, 3.63) is 29.3 Å². The van der Waals surface area contributed by atoms with Crippen molar-refractivity contribution in [2.24, 2.45) is 0 Å². The summed E-state index contributed by atoms with van der Waals surface area (Å²) in [4.78, 5) is 2.69. The van der Waals surface area contributed by atoms with Gasteiger partial charge in [-0.2, -0.15) is 0 Å². The second-order valence-electron chi connectivity index (χ2n) is 8.53. The van der Waals surface area contributed by atoms with Gasteiger partial charge in [0, 0.05) is 17.5 Å². The Kier molecular flexibility index (Phi) is 3.31. The summed E-state index contributed by atoms with van der Waals surface area (Å²) in [5, 5.41) is 12.0. The summed E-state index contributed by atoms with van der Waals surface area (Å²) in [7, 11) is 1.75. The van der Waals surface area contributed by atoms with Crippen molar-refractivity contribution in [2.75, 3.05) is 13.7 Å². The van der Waals surface area contributed by atoms with Crippen LogP contribution in [0, 0.1) is 0 Å². The lowest BCUT2D eigenvalue weighted by Gasteiger charge is -2.65. The Morgan fingerprint density at radius 1 is 1.12 bits per heavy atom. The molecule has 3 heteroatoms. The lowest BCUT2D eigenvalue weighted by Crippen LogP contribution is -2.74. The monoisotopic (exact) mass is 327 g/mol. The Morgan fingerprint density at radius 2 is 1.96 bits per heavy atom. The molecule has 130 valence electrons. The van der Waals surface area contributed by atoms with Gasteiger partial charge in [0.15, 0.2) is 0 Å². The zero-order valence-electron chi connectivity index (χ0n) is 14.8. The summed E-state index contributed by atoms with van der Waals surface area (Å²) < 4.78 is 5.52. The van der Waals surface area contributed by atoms with Crippen molar-refractivity contribution in [3.63, 3.8) is 0 Å². The third-order valence-electron chi connectivity index (χ3n) is 7.78. The number of benzene rings is 1. The Balaban J connectivity index is 1.65. The summed E-state index contributed by atoms with van der Waals surface area (Å²) >= 11 is 0. The number of likely N-dealkylation sites (tertiary alicyclic amines) is 1. The molecule has 3 aliphatic carbocycles. The van der Waals surface area contributed by atoms with Gasteiger partial charge in [-0.15, -0.1) is 0 Å². The van der Waals surface area contributed by atoms with Crippen LogP contribution < -0.4 is 4.74 Å². The predicted molar refractivity (Wildman–Crippen MR) is 94.5 cm³/mol. The van der Waals surface area contributed by atoms with Crippen molar-refractivity contribution in [3.8, 4) is 5.75 Å². The Hall–Kier alpha value is -1.06. The molecule has 24 heavy (non-hydrogen) atoms. The molecular formula is C21H29NO2. The van der Waals surface area contributed by atoms with Crippen LogP contribution in [0.3, 0.4) is 0 Å². The van der Waals surface area contributed by atoms with Crippen LogP contribution in [0.1, 0.15) is 62.5 Å². The third-order valence-corrected chi connectivity index (χ3v) is 7.78. The van der Waals surface area contributed by atoms with Gasteiger partial charge in [-0.05, 0) is 68.3 Å². The maximum atomic E-state index is 12.0. The number of hydrogen-bond donors (Lipinski definition) is 1. The van der Waals surface area contributed by atoms with Crippen molar-refractivity contribution in [1.82, 2.24) is 4.90 Å². The number of aliphatic hydroxyl groups is 1. The summed E-state index contributed by atoms with van der Waals surface area (Å²) in [5.41, 5.74) is 2.27. The van der Waals surface area contributed by atoms with Crippen LogP contribution in [0.2, 0.25) is 0 Å². The number of rotatable bonds is 2. The molecule has 4 aliphatic rings. The minimum Gasteiger partial charge on any atom is -0.497 e. The molecule has 1 aromatic rings. The van der Waals surface area contributed by atoms with Crippen LogP contribution in [0.15, 0.2) is 18.2 Å². The first-order chi connectivity index (χ1) is 11.7. The highest BCUT2D eigenvalue weighted by atomic mass is 16.5. The normalized spacial score (nSPS) is 38.8. The van der Waals surface area contributed by atoms with Crippen LogP contribution in [-0.2, 0) is 11.8 Å². The lowest BCUT2D eigenvalue weighted by molar-refractivity contribution is -0.179.